The summed E-state index contributed by atoms with van der Waals surface area (Å²) in [6.07, 6.45) is 69.6. The Morgan fingerprint density at radius 2 is 0.430 bits per heavy atom. The summed E-state index contributed by atoms with van der Waals surface area (Å²) in [6, 6.07) is 0. The first-order valence-electron chi connectivity index (χ1n) is 45.3. The fraction of sp³-hybridized carbons (Fsp3) is 0.955. The number of aliphatic hydroxyl groups is 1. The number of rotatable bonds is 86. The van der Waals surface area contributed by atoms with Crippen molar-refractivity contribution in [2.45, 2.75) is 484 Å². The fourth-order valence-corrected chi connectivity index (χ4v) is 15.3. The van der Waals surface area contributed by atoms with Gasteiger partial charge >= 0.3 is 39.5 Å². The molecule has 0 aromatic heterocycles. The van der Waals surface area contributed by atoms with E-state index in [1.165, 1.54) is 276 Å². The van der Waals surface area contributed by atoms with Crippen LogP contribution >= 0.6 is 15.6 Å². The highest BCUT2D eigenvalue weighted by atomic mass is 31.2. The summed E-state index contributed by atoms with van der Waals surface area (Å²) < 4.78 is 69.0. The van der Waals surface area contributed by atoms with E-state index in [2.05, 4.69) is 48.5 Å². The number of carbonyl (C=O) groups excluding carboxylic acids is 4. The Balaban J connectivity index is 5.23. The molecule has 5 atom stereocenters. The van der Waals surface area contributed by atoms with Gasteiger partial charge < -0.3 is 33.8 Å². The van der Waals surface area contributed by atoms with Crippen molar-refractivity contribution in [3.63, 3.8) is 0 Å². The van der Waals surface area contributed by atoms with Crippen molar-refractivity contribution in [2.24, 2.45) is 17.8 Å². The van der Waals surface area contributed by atoms with Crippen molar-refractivity contribution in [3.8, 4) is 0 Å². The topological polar surface area (TPSA) is 237 Å². The van der Waals surface area contributed by atoms with Gasteiger partial charge in [-0.3, -0.25) is 37.3 Å². The van der Waals surface area contributed by atoms with Crippen molar-refractivity contribution < 1.29 is 80.2 Å². The highest BCUT2D eigenvalue weighted by Gasteiger charge is 2.31. The fourth-order valence-electron chi connectivity index (χ4n) is 13.7. The molecule has 0 aliphatic rings. The summed E-state index contributed by atoms with van der Waals surface area (Å²) in [7, 11) is -9.93. The third kappa shape index (κ3) is 81.9. The van der Waals surface area contributed by atoms with E-state index < -0.39 is 97.5 Å². The van der Waals surface area contributed by atoms with E-state index in [0.717, 1.165) is 108 Å². The lowest BCUT2D eigenvalue weighted by Crippen LogP contribution is -2.30. The molecule has 0 radical (unpaired) electrons. The maximum absolute atomic E-state index is 13.2. The van der Waals surface area contributed by atoms with Gasteiger partial charge in [0.25, 0.3) is 0 Å². The zero-order valence-electron chi connectivity index (χ0n) is 70.6. The van der Waals surface area contributed by atoms with Crippen molar-refractivity contribution in [3.05, 3.63) is 0 Å². The molecule has 0 aliphatic heterocycles. The van der Waals surface area contributed by atoms with Crippen LogP contribution in [0.15, 0.2) is 0 Å². The smallest absolute Gasteiger partial charge is 0.462 e. The molecule has 0 fully saturated rings. The van der Waals surface area contributed by atoms with Crippen LogP contribution in [0.3, 0.4) is 0 Å². The summed E-state index contributed by atoms with van der Waals surface area (Å²) in [6.45, 7) is 12.0. The molecular weight excluding hydrogens is 1390 g/mol. The van der Waals surface area contributed by atoms with E-state index in [9.17, 15) is 43.2 Å². The number of ether oxygens (including phenoxy) is 4. The molecule has 0 saturated carbocycles. The lowest BCUT2D eigenvalue weighted by atomic mass is 10.0. The van der Waals surface area contributed by atoms with Crippen molar-refractivity contribution >= 4 is 39.5 Å². The van der Waals surface area contributed by atoms with Gasteiger partial charge in [-0.25, -0.2) is 9.13 Å². The van der Waals surface area contributed by atoms with E-state index in [0.29, 0.717) is 25.7 Å². The maximum atomic E-state index is 13.2. The van der Waals surface area contributed by atoms with Crippen molar-refractivity contribution in [1.29, 1.82) is 0 Å². The standard InChI is InChI=1S/C88H172O17P2/c1-8-9-10-11-12-13-14-15-16-17-18-19-23-26-29-35-40-48-55-62-69-85(90)98-75-83(104-87(92)71-64-57-50-41-36-30-27-24-21-20-22-25-28-33-38-45-52-59-66-79(2)3)77-102-106(94,95)100-73-82(89)74-101-107(96,97)103-78-84(76-99-86(91)70-63-56-49-44-43-47-54-61-68-81(6)7)105-88(93)72-65-58-51-42-37-32-31-34-39-46-53-60-67-80(4)5/h79-84,89H,8-78H2,1-7H3,(H,94,95)(H,96,97)/t82-,83-,84-/m1/s1. The second kappa shape index (κ2) is 78.0. The zero-order chi connectivity index (χ0) is 78.6. The van der Waals surface area contributed by atoms with E-state index in [1.807, 2.05) is 0 Å². The Bertz CT molecular complexity index is 2060. The van der Waals surface area contributed by atoms with Crippen LogP contribution in [-0.2, 0) is 65.4 Å². The number of carbonyl (C=O) groups is 4. The minimum absolute atomic E-state index is 0.106. The van der Waals surface area contributed by atoms with Gasteiger partial charge in [-0.2, -0.15) is 0 Å². The molecule has 0 heterocycles. The average molecular weight is 1560 g/mol. The van der Waals surface area contributed by atoms with Gasteiger partial charge in [0.05, 0.1) is 26.4 Å². The number of phosphoric acid groups is 2. The largest absolute Gasteiger partial charge is 0.472 e. The van der Waals surface area contributed by atoms with E-state index >= 15 is 0 Å². The third-order valence-corrected chi connectivity index (χ3v) is 22.5. The SMILES string of the molecule is CCCCCCCCCCCCCCCCCCCCCCC(=O)OC[C@H](COP(=O)(O)OC[C@@H](O)COP(=O)(O)OC[C@@H](COC(=O)CCCCCCCCCCC(C)C)OC(=O)CCCCCCCCCCCCCCC(C)C)OC(=O)CCCCCCCCCCCCCCCCCCCCC(C)C. The molecule has 19 heteroatoms. The van der Waals surface area contributed by atoms with Crippen LogP contribution in [-0.4, -0.2) is 96.7 Å². The Hall–Kier alpha value is -1.94. The molecule has 0 aliphatic carbocycles. The summed E-state index contributed by atoms with van der Waals surface area (Å²) in [5.41, 5.74) is 0. The number of hydrogen-bond acceptors (Lipinski definition) is 15. The summed E-state index contributed by atoms with van der Waals surface area (Å²) in [4.78, 5) is 73.3. The molecule has 0 amide bonds. The normalized spacial score (nSPS) is 13.8. The second-order valence-electron chi connectivity index (χ2n) is 33.1. The first-order valence-corrected chi connectivity index (χ1v) is 48.3. The molecule has 0 saturated heterocycles. The molecule has 0 aromatic carbocycles. The number of esters is 4. The molecule has 636 valence electrons. The van der Waals surface area contributed by atoms with Crippen molar-refractivity contribution in [2.75, 3.05) is 39.6 Å². The Morgan fingerprint density at radius 3 is 0.636 bits per heavy atom. The summed E-state index contributed by atoms with van der Waals surface area (Å²) >= 11 is 0. The van der Waals surface area contributed by atoms with E-state index in [1.54, 1.807) is 0 Å². The predicted octanol–water partition coefficient (Wildman–Crippen LogP) is 26.9. The van der Waals surface area contributed by atoms with Gasteiger partial charge in [-0.15, -0.1) is 0 Å². The van der Waals surface area contributed by atoms with Crippen molar-refractivity contribution in [1.82, 2.24) is 0 Å². The van der Waals surface area contributed by atoms with Gasteiger partial charge in [0.2, 0.25) is 0 Å². The lowest BCUT2D eigenvalue weighted by molar-refractivity contribution is -0.161. The molecule has 0 bridgehead atoms. The molecule has 0 aromatic rings. The minimum Gasteiger partial charge on any atom is -0.462 e. The number of phosphoric ester groups is 2. The first kappa shape index (κ1) is 105. The molecule has 107 heavy (non-hydrogen) atoms. The molecule has 2 unspecified atom stereocenters. The van der Waals surface area contributed by atoms with Crippen LogP contribution in [0.25, 0.3) is 0 Å². The highest BCUT2D eigenvalue weighted by molar-refractivity contribution is 7.47. The van der Waals surface area contributed by atoms with Crippen LogP contribution in [0.2, 0.25) is 0 Å². The third-order valence-electron chi connectivity index (χ3n) is 20.6. The van der Waals surface area contributed by atoms with Crippen LogP contribution < -0.4 is 0 Å². The summed E-state index contributed by atoms with van der Waals surface area (Å²) in [5.74, 6) is 0.220. The predicted molar refractivity (Wildman–Crippen MR) is 441 cm³/mol. The quantitative estimate of drug-likeness (QED) is 0.0222. The Kier molecular flexibility index (Phi) is 76.6. The number of unbranched alkanes of at least 4 members (excludes halogenated alkanes) is 54. The second-order valence-corrected chi connectivity index (χ2v) is 36.0. The maximum Gasteiger partial charge on any atom is 0.472 e. The average Bonchev–Trinajstić information content (AvgIpc) is 0.901. The van der Waals surface area contributed by atoms with E-state index in [4.69, 9.17) is 37.0 Å². The van der Waals surface area contributed by atoms with Crippen LogP contribution in [0.4, 0.5) is 0 Å². The summed E-state index contributed by atoms with van der Waals surface area (Å²) in [5, 5.41) is 10.7. The van der Waals surface area contributed by atoms with Gasteiger partial charge in [0.15, 0.2) is 12.2 Å². The van der Waals surface area contributed by atoms with Crippen LogP contribution in [0.1, 0.15) is 466 Å². The molecule has 0 rings (SSSR count). The van der Waals surface area contributed by atoms with Crippen LogP contribution in [0, 0.1) is 17.8 Å². The van der Waals surface area contributed by atoms with Gasteiger partial charge in [-0.05, 0) is 43.4 Å². The van der Waals surface area contributed by atoms with Crippen LogP contribution in [0.5, 0.6) is 0 Å². The lowest BCUT2D eigenvalue weighted by Gasteiger charge is -2.21. The minimum atomic E-state index is -4.97. The number of aliphatic hydroxyl groups excluding tert-OH is 1. The number of hydrogen-bond donors (Lipinski definition) is 3. The van der Waals surface area contributed by atoms with E-state index in [-0.39, 0.29) is 25.7 Å². The molecular formula is C88H172O17P2. The molecule has 3 N–H and O–H groups in total. The first-order chi connectivity index (χ1) is 51.7. The Labute approximate surface area is 658 Å². The van der Waals surface area contributed by atoms with Gasteiger partial charge in [0, 0.05) is 25.7 Å². The monoisotopic (exact) mass is 1560 g/mol. The molecule has 17 nitrogen and oxygen atoms in total. The van der Waals surface area contributed by atoms with Gasteiger partial charge in [0.1, 0.15) is 19.3 Å². The molecule has 0 spiro atoms. The Morgan fingerprint density at radius 1 is 0.252 bits per heavy atom. The highest BCUT2D eigenvalue weighted by Crippen LogP contribution is 2.45. The zero-order valence-corrected chi connectivity index (χ0v) is 72.4. The van der Waals surface area contributed by atoms with Gasteiger partial charge in [-0.1, -0.05) is 414 Å².